The molecule has 0 unspecified atom stereocenters. The first-order valence-corrected chi connectivity index (χ1v) is 10.4. The molecule has 12 N–H and O–H groups in total. The Morgan fingerprint density at radius 1 is 0.267 bits per heavy atom. The normalized spacial score (nSPS) is 11.8. The molecular formula is C18H12Cl6N6. The Morgan fingerprint density at radius 3 is 0.467 bits per heavy atom. The Kier molecular flexibility index (Phi) is 4.90. The number of halogens is 6. The highest BCUT2D eigenvalue weighted by molar-refractivity contribution is 6.59. The van der Waals surface area contributed by atoms with Crippen LogP contribution in [0.1, 0.15) is 0 Å². The van der Waals surface area contributed by atoms with Gasteiger partial charge in [0, 0.05) is 32.3 Å². The van der Waals surface area contributed by atoms with Gasteiger partial charge in [-0.3, -0.25) is 0 Å². The van der Waals surface area contributed by atoms with Crippen LogP contribution >= 0.6 is 69.6 Å². The Bertz CT molecular complexity index is 1150. The zero-order valence-corrected chi connectivity index (χ0v) is 19.3. The average molecular weight is 525 g/mol. The monoisotopic (exact) mass is 522 g/mol. The number of hydrogen-bond acceptors (Lipinski definition) is 6. The standard InChI is InChI=1S/C18H12Cl6N6/c19-7-1-2(8(20)14(26)13(7)25)4-6(12(24)18(30)17(29)11(4)23)5-3(1)9(21)15(27)16(28)10(5)22/h25-30H2. The predicted octanol–water partition coefficient (Wildman–Crippen LogP) is 6.56. The summed E-state index contributed by atoms with van der Waals surface area (Å²) >= 11 is 39.6. The van der Waals surface area contributed by atoms with Crippen molar-refractivity contribution in [2.24, 2.45) is 0 Å². The molecule has 0 spiro atoms. The van der Waals surface area contributed by atoms with E-state index in [1.807, 2.05) is 0 Å². The quantitative estimate of drug-likeness (QED) is 0.113. The molecule has 0 aliphatic heterocycles. The van der Waals surface area contributed by atoms with Crippen molar-refractivity contribution in [3.63, 3.8) is 0 Å². The second-order valence-electron chi connectivity index (χ2n) is 6.62. The van der Waals surface area contributed by atoms with E-state index in [1.165, 1.54) is 0 Å². The fourth-order valence-electron chi connectivity index (χ4n) is 3.58. The van der Waals surface area contributed by atoms with E-state index < -0.39 is 0 Å². The molecule has 156 valence electrons. The Balaban J connectivity index is 2.66. The van der Waals surface area contributed by atoms with Gasteiger partial charge in [0.1, 0.15) is 0 Å². The van der Waals surface area contributed by atoms with Crippen molar-refractivity contribution in [2.75, 3.05) is 34.4 Å². The van der Waals surface area contributed by atoms with Crippen LogP contribution in [0.25, 0.3) is 32.3 Å². The fraction of sp³-hybridized carbons (Fsp3) is 0. The van der Waals surface area contributed by atoms with Gasteiger partial charge >= 0.3 is 0 Å². The third-order valence-corrected chi connectivity index (χ3v) is 7.46. The highest BCUT2D eigenvalue weighted by Crippen LogP contribution is 2.56. The molecule has 0 atom stereocenters. The Morgan fingerprint density at radius 2 is 0.367 bits per heavy atom. The van der Waals surface area contributed by atoms with Crippen molar-refractivity contribution in [1.82, 2.24) is 0 Å². The molecule has 0 aliphatic rings. The Labute approximate surface area is 199 Å². The SMILES string of the molecule is Nc1c(N)c(Cl)c2c(c1Cl)c1c(Cl)c(N)c(N)c(Cl)c1c1c(Cl)c(N)c(N)c(Cl)c21. The molecule has 0 fully saturated rings. The van der Waals surface area contributed by atoms with Crippen LogP contribution in [0.5, 0.6) is 0 Å². The topological polar surface area (TPSA) is 156 Å². The van der Waals surface area contributed by atoms with Gasteiger partial charge in [-0.15, -0.1) is 0 Å². The number of anilines is 6. The number of fused-ring (bicyclic) bond motifs is 6. The van der Waals surface area contributed by atoms with Gasteiger partial charge < -0.3 is 34.4 Å². The molecule has 6 nitrogen and oxygen atoms in total. The fourth-order valence-corrected chi connectivity index (χ4v) is 5.33. The zero-order valence-electron chi connectivity index (χ0n) is 14.7. The van der Waals surface area contributed by atoms with Gasteiger partial charge in [0.15, 0.2) is 0 Å². The van der Waals surface area contributed by atoms with Gasteiger partial charge in [-0.1, -0.05) is 69.6 Å². The van der Waals surface area contributed by atoms with E-state index in [0.717, 1.165) is 0 Å². The number of nitrogen functional groups attached to an aromatic ring is 6. The minimum absolute atomic E-state index is 0.0445. The summed E-state index contributed by atoms with van der Waals surface area (Å²) in [5, 5.41) is 2.33. The van der Waals surface area contributed by atoms with E-state index >= 15 is 0 Å². The minimum atomic E-state index is 0.0445. The molecule has 4 aromatic rings. The van der Waals surface area contributed by atoms with Gasteiger partial charge in [-0.05, 0) is 0 Å². The van der Waals surface area contributed by atoms with Crippen molar-refractivity contribution >= 4 is 136 Å². The molecule has 12 heteroatoms. The molecule has 4 aromatic carbocycles. The van der Waals surface area contributed by atoms with Crippen molar-refractivity contribution in [3.8, 4) is 0 Å². The summed E-state index contributed by atoms with van der Waals surface area (Å²) in [5.41, 5.74) is 36.8. The molecule has 4 rings (SSSR count). The molecule has 0 aromatic heterocycles. The first kappa shape index (κ1) is 21.4. The van der Waals surface area contributed by atoms with Crippen LogP contribution in [-0.2, 0) is 0 Å². The van der Waals surface area contributed by atoms with Crippen LogP contribution in [-0.4, -0.2) is 0 Å². The molecule has 0 amide bonds. The zero-order chi connectivity index (χ0) is 22.4. The number of hydrogen-bond donors (Lipinski definition) is 6. The second-order valence-corrected chi connectivity index (χ2v) is 8.88. The highest BCUT2D eigenvalue weighted by Gasteiger charge is 2.28. The first-order valence-electron chi connectivity index (χ1n) is 8.12. The van der Waals surface area contributed by atoms with Crippen LogP contribution in [0, 0.1) is 0 Å². The largest absolute Gasteiger partial charge is 0.396 e. The molecule has 30 heavy (non-hydrogen) atoms. The van der Waals surface area contributed by atoms with Crippen LogP contribution in [0.4, 0.5) is 34.1 Å². The van der Waals surface area contributed by atoms with Crippen molar-refractivity contribution in [2.45, 2.75) is 0 Å². The van der Waals surface area contributed by atoms with E-state index in [2.05, 4.69) is 0 Å². The molecule has 0 saturated heterocycles. The number of benzene rings is 4. The maximum absolute atomic E-state index is 6.59. The second kappa shape index (κ2) is 6.85. The summed E-state index contributed by atoms with van der Waals surface area (Å²) in [4.78, 5) is 0. The molecule has 0 bridgehead atoms. The summed E-state index contributed by atoms with van der Waals surface area (Å²) < 4.78 is 0. The number of rotatable bonds is 0. The van der Waals surface area contributed by atoms with Crippen molar-refractivity contribution < 1.29 is 0 Å². The molecule has 0 saturated carbocycles. The summed E-state index contributed by atoms with van der Waals surface area (Å²) in [6.07, 6.45) is 0. The minimum Gasteiger partial charge on any atom is -0.396 e. The number of nitrogens with two attached hydrogens (primary N) is 6. The summed E-state index contributed by atoms with van der Waals surface area (Å²) in [7, 11) is 0. The lowest BCUT2D eigenvalue weighted by Crippen LogP contribution is -2.04. The van der Waals surface area contributed by atoms with Gasteiger partial charge in [0.25, 0.3) is 0 Å². The van der Waals surface area contributed by atoms with E-state index in [1.54, 1.807) is 0 Å². The Hall–Kier alpha value is -1.80. The van der Waals surface area contributed by atoms with Crippen LogP contribution in [0.3, 0.4) is 0 Å². The third kappa shape index (κ3) is 2.46. The third-order valence-electron chi connectivity index (χ3n) is 5.11. The molecule has 0 heterocycles. The smallest absolute Gasteiger partial charge is 0.0759 e. The molecule has 0 radical (unpaired) electrons. The van der Waals surface area contributed by atoms with E-state index in [0.29, 0.717) is 32.3 Å². The lowest BCUT2D eigenvalue weighted by molar-refractivity contribution is 1.69. The van der Waals surface area contributed by atoms with Gasteiger partial charge in [0.05, 0.1) is 64.3 Å². The summed E-state index contributed by atoms with van der Waals surface area (Å²) in [6, 6.07) is 0. The average Bonchev–Trinajstić information content (AvgIpc) is 2.73. The molecule has 0 aliphatic carbocycles. The van der Waals surface area contributed by atoms with E-state index in [9.17, 15) is 0 Å². The van der Waals surface area contributed by atoms with Gasteiger partial charge in [-0.2, -0.15) is 0 Å². The van der Waals surface area contributed by atoms with Crippen LogP contribution in [0.2, 0.25) is 30.1 Å². The summed E-state index contributed by atoms with van der Waals surface area (Å²) in [5.74, 6) is 0. The lowest BCUT2D eigenvalue weighted by Gasteiger charge is -2.22. The maximum atomic E-state index is 6.59. The van der Waals surface area contributed by atoms with E-state index in [4.69, 9.17) is 104 Å². The molecular weight excluding hydrogens is 513 g/mol. The summed E-state index contributed by atoms with van der Waals surface area (Å²) in [6.45, 7) is 0. The van der Waals surface area contributed by atoms with Crippen molar-refractivity contribution in [3.05, 3.63) is 30.1 Å². The highest BCUT2D eigenvalue weighted by atomic mass is 35.5. The first-order chi connectivity index (χ1) is 13.9. The predicted molar refractivity (Wildman–Crippen MR) is 135 cm³/mol. The van der Waals surface area contributed by atoms with Crippen LogP contribution in [0.15, 0.2) is 0 Å². The maximum Gasteiger partial charge on any atom is 0.0759 e. The van der Waals surface area contributed by atoms with Gasteiger partial charge in [-0.25, -0.2) is 0 Å². The van der Waals surface area contributed by atoms with Crippen molar-refractivity contribution in [1.29, 1.82) is 0 Å². The lowest BCUT2D eigenvalue weighted by atomic mass is 9.91. The van der Waals surface area contributed by atoms with Crippen LogP contribution < -0.4 is 34.4 Å². The van der Waals surface area contributed by atoms with E-state index in [-0.39, 0.29) is 64.3 Å². The van der Waals surface area contributed by atoms with Gasteiger partial charge in [0.2, 0.25) is 0 Å².